The van der Waals surface area contributed by atoms with E-state index in [1.165, 1.54) is 5.56 Å². The zero-order valence-electron chi connectivity index (χ0n) is 10.3. The molecule has 0 unspecified atom stereocenters. The number of aryl methyl sites for hydroxylation is 1. The molecule has 1 aromatic heterocycles. The van der Waals surface area contributed by atoms with Gasteiger partial charge >= 0.3 is 0 Å². The second-order valence-corrected chi connectivity index (χ2v) is 4.37. The molecule has 2 aromatic rings. The number of nitrogens with zero attached hydrogens (tertiary/aromatic N) is 2. The van der Waals surface area contributed by atoms with Crippen molar-refractivity contribution in [2.75, 3.05) is 11.9 Å². The predicted molar refractivity (Wildman–Crippen MR) is 69.7 cm³/mol. The third kappa shape index (κ3) is 2.27. The summed E-state index contributed by atoms with van der Waals surface area (Å²) in [5, 5.41) is 3.37. The number of anilines is 1. The molecular formula is C14H15N3O. The van der Waals surface area contributed by atoms with Gasteiger partial charge in [0.25, 0.3) is 0 Å². The SMILES string of the molecule is Cc1nccc(CNc2ccc3c(c2)CCO3)n1. The number of hydrogen-bond donors (Lipinski definition) is 1. The van der Waals surface area contributed by atoms with Crippen LogP contribution in [-0.4, -0.2) is 16.6 Å². The maximum absolute atomic E-state index is 5.48. The summed E-state index contributed by atoms with van der Waals surface area (Å²) in [5.74, 6) is 1.81. The summed E-state index contributed by atoms with van der Waals surface area (Å²) in [7, 11) is 0. The molecule has 0 spiro atoms. The van der Waals surface area contributed by atoms with Crippen molar-refractivity contribution in [2.45, 2.75) is 19.9 Å². The van der Waals surface area contributed by atoms with Crippen LogP contribution in [0.15, 0.2) is 30.5 Å². The van der Waals surface area contributed by atoms with Crippen molar-refractivity contribution >= 4 is 5.69 Å². The van der Waals surface area contributed by atoms with Crippen molar-refractivity contribution in [3.8, 4) is 5.75 Å². The highest BCUT2D eigenvalue weighted by molar-refractivity contribution is 5.52. The lowest BCUT2D eigenvalue weighted by Gasteiger charge is -2.07. The van der Waals surface area contributed by atoms with Crippen LogP contribution in [0.3, 0.4) is 0 Å². The number of hydrogen-bond acceptors (Lipinski definition) is 4. The van der Waals surface area contributed by atoms with Gasteiger partial charge in [-0.2, -0.15) is 0 Å². The summed E-state index contributed by atoms with van der Waals surface area (Å²) in [6, 6.07) is 8.14. The Balaban J connectivity index is 1.70. The average Bonchev–Trinajstić information content (AvgIpc) is 2.84. The van der Waals surface area contributed by atoms with Gasteiger partial charge in [-0.3, -0.25) is 0 Å². The molecule has 0 aliphatic carbocycles. The second kappa shape index (κ2) is 4.64. The second-order valence-electron chi connectivity index (χ2n) is 4.37. The van der Waals surface area contributed by atoms with Crippen LogP contribution in [0.2, 0.25) is 0 Å². The van der Waals surface area contributed by atoms with Gasteiger partial charge in [0.05, 0.1) is 18.8 Å². The van der Waals surface area contributed by atoms with Crippen molar-refractivity contribution in [1.29, 1.82) is 0 Å². The molecule has 1 aliphatic heterocycles. The zero-order chi connectivity index (χ0) is 12.4. The van der Waals surface area contributed by atoms with Gasteiger partial charge in [-0.1, -0.05) is 0 Å². The van der Waals surface area contributed by atoms with Crippen LogP contribution < -0.4 is 10.1 Å². The van der Waals surface area contributed by atoms with Gasteiger partial charge in [-0.15, -0.1) is 0 Å². The van der Waals surface area contributed by atoms with Crippen molar-refractivity contribution in [2.24, 2.45) is 0 Å². The Hall–Kier alpha value is -2.10. The Morgan fingerprint density at radius 2 is 2.28 bits per heavy atom. The highest BCUT2D eigenvalue weighted by Crippen LogP contribution is 2.27. The topological polar surface area (TPSA) is 47.0 Å². The van der Waals surface area contributed by atoms with Crippen LogP contribution in [0.25, 0.3) is 0 Å². The van der Waals surface area contributed by atoms with E-state index in [9.17, 15) is 0 Å². The van der Waals surface area contributed by atoms with E-state index in [1.807, 2.05) is 25.1 Å². The van der Waals surface area contributed by atoms with Gasteiger partial charge in [-0.05, 0) is 36.8 Å². The first-order valence-electron chi connectivity index (χ1n) is 6.09. The highest BCUT2D eigenvalue weighted by atomic mass is 16.5. The summed E-state index contributed by atoms with van der Waals surface area (Å²) in [6.45, 7) is 3.41. The minimum absolute atomic E-state index is 0.711. The first-order chi connectivity index (χ1) is 8.81. The lowest BCUT2D eigenvalue weighted by atomic mass is 10.1. The first kappa shape index (κ1) is 11.0. The molecule has 1 aromatic carbocycles. The van der Waals surface area contributed by atoms with E-state index in [4.69, 9.17) is 4.74 Å². The standard InChI is InChI=1S/C14H15N3O/c1-10-15-6-4-13(17-10)9-16-12-2-3-14-11(8-12)5-7-18-14/h2-4,6,8,16H,5,7,9H2,1H3. The van der Waals surface area contributed by atoms with E-state index in [0.29, 0.717) is 6.54 Å². The van der Waals surface area contributed by atoms with E-state index in [2.05, 4.69) is 21.4 Å². The van der Waals surface area contributed by atoms with Crippen LogP contribution in [0.1, 0.15) is 17.1 Å². The van der Waals surface area contributed by atoms with Crippen LogP contribution in [0, 0.1) is 6.92 Å². The molecule has 0 saturated heterocycles. The lowest BCUT2D eigenvalue weighted by molar-refractivity contribution is 0.357. The average molecular weight is 241 g/mol. The van der Waals surface area contributed by atoms with Crippen LogP contribution in [-0.2, 0) is 13.0 Å². The third-order valence-electron chi connectivity index (χ3n) is 3.00. The van der Waals surface area contributed by atoms with Gasteiger partial charge < -0.3 is 10.1 Å². The normalized spacial score (nSPS) is 12.9. The van der Waals surface area contributed by atoms with E-state index >= 15 is 0 Å². The summed E-state index contributed by atoms with van der Waals surface area (Å²) >= 11 is 0. The molecule has 0 radical (unpaired) electrons. The van der Waals surface area contributed by atoms with Crippen LogP contribution in [0.4, 0.5) is 5.69 Å². The predicted octanol–water partition coefficient (Wildman–Crippen LogP) is 2.33. The molecule has 0 amide bonds. The van der Waals surface area contributed by atoms with Crippen LogP contribution >= 0.6 is 0 Å². The van der Waals surface area contributed by atoms with E-state index < -0.39 is 0 Å². The zero-order valence-corrected chi connectivity index (χ0v) is 10.3. The largest absolute Gasteiger partial charge is 0.493 e. The molecule has 4 nitrogen and oxygen atoms in total. The lowest BCUT2D eigenvalue weighted by Crippen LogP contribution is -2.03. The number of ether oxygens (including phenoxy) is 1. The van der Waals surface area contributed by atoms with E-state index in [0.717, 1.165) is 36.0 Å². The monoisotopic (exact) mass is 241 g/mol. The summed E-state index contributed by atoms with van der Waals surface area (Å²) in [4.78, 5) is 8.45. The molecule has 2 heterocycles. The van der Waals surface area contributed by atoms with Gasteiger partial charge in [0.2, 0.25) is 0 Å². The van der Waals surface area contributed by atoms with Crippen molar-refractivity contribution in [1.82, 2.24) is 9.97 Å². The fourth-order valence-corrected chi connectivity index (χ4v) is 2.09. The van der Waals surface area contributed by atoms with Gasteiger partial charge in [0, 0.05) is 18.3 Å². The Bertz CT molecular complexity index is 569. The maximum Gasteiger partial charge on any atom is 0.125 e. The molecule has 92 valence electrons. The first-order valence-corrected chi connectivity index (χ1v) is 6.09. The number of fused-ring (bicyclic) bond motifs is 1. The number of aromatic nitrogens is 2. The van der Waals surface area contributed by atoms with Crippen molar-refractivity contribution in [3.63, 3.8) is 0 Å². The Morgan fingerprint density at radius 1 is 1.33 bits per heavy atom. The summed E-state index contributed by atoms with van der Waals surface area (Å²) in [5.41, 5.74) is 3.38. The van der Waals surface area contributed by atoms with Gasteiger partial charge in [0.1, 0.15) is 11.6 Å². The molecule has 0 atom stereocenters. The third-order valence-corrected chi connectivity index (χ3v) is 3.00. The molecule has 4 heteroatoms. The number of nitrogens with one attached hydrogen (secondary N) is 1. The maximum atomic E-state index is 5.48. The quantitative estimate of drug-likeness (QED) is 0.896. The molecule has 0 saturated carbocycles. The molecule has 0 bridgehead atoms. The van der Waals surface area contributed by atoms with Gasteiger partial charge in [0.15, 0.2) is 0 Å². The fraction of sp³-hybridized carbons (Fsp3) is 0.286. The van der Waals surface area contributed by atoms with E-state index in [1.54, 1.807) is 6.20 Å². The van der Waals surface area contributed by atoms with Crippen molar-refractivity contribution < 1.29 is 4.74 Å². The molecule has 3 rings (SSSR count). The van der Waals surface area contributed by atoms with E-state index in [-0.39, 0.29) is 0 Å². The minimum Gasteiger partial charge on any atom is -0.493 e. The Morgan fingerprint density at radius 3 is 3.17 bits per heavy atom. The highest BCUT2D eigenvalue weighted by Gasteiger charge is 2.11. The smallest absolute Gasteiger partial charge is 0.125 e. The molecule has 1 aliphatic rings. The number of benzene rings is 1. The fourth-order valence-electron chi connectivity index (χ4n) is 2.09. The van der Waals surface area contributed by atoms with Crippen LogP contribution in [0.5, 0.6) is 5.75 Å². The minimum atomic E-state index is 0.711. The Labute approximate surface area is 106 Å². The Kier molecular flexibility index (Phi) is 2.84. The molecule has 0 fully saturated rings. The van der Waals surface area contributed by atoms with Gasteiger partial charge in [-0.25, -0.2) is 9.97 Å². The molecule has 1 N–H and O–H groups in total. The summed E-state index contributed by atoms with van der Waals surface area (Å²) < 4.78 is 5.48. The number of rotatable bonds is 3. The molecular weight excluding hydrogens is 226 g/mol. The summed E-state index contributed by atoms with van der Waals surface area (Å²) in [6.07, 6.45) is 2.79. The molecule has 18 heavy (non-hydrogen) atoms. The van der Waals surface area contributed by atoms with Crippen molar-refractivity contribution in [3.05, 3.63) is 47.5 Å².